The molecular formula is C14H13ClN2. The van der Waals surface area contributed by atoms with Crippen LogP contribution in [0.2, 0.25) is 0 Å². The van der Waals surface area contributed by atoms with E-state index in [0.29, 0.717) is 16.4 Å². The summed E-state index contributed by atoms with van der Waals surface area (Å²) in [4.78, 5) is 0. The minimum Gasteiger partial charge on any atom is -0.398 e. The van der Waals surface area contributed by atoms with E-state index >= 15 is 0 Å². The molecule has 0 radical (unpaired) electrons. The summed E-state index contributed by atoms with van der Waals surface area (Å²) in [6, 6.07) is 7.82. The second-order valence-electron chi connectivity index (χ2n) is 3.83. The van der Waals surface area contributed by atoms with E-state index in [1.165, 1.54) is 0 Å². The Morgan fingerprint density at radius 2 is 1.88 bits per heavy atom. The Morgan fingerprint density at radius 1 is 1.24 bits per heavy atom. The summed E-state index contributed by atoms with van der Waals surface area (Å²) in [5, 5.41) is 3.61. The van der Waals surface area contributed by atoms with Gasteiger partial charge in [0.05, 0.1) is 5.70 Å². The Balaban J connectivity index is 2.65. The summed E-state index contributed by atoms with van der Waals surface area (Å²) in [6.07, 6.45) is 0. The average Bonchev–Trinajstić information content (AvgIpc) is 2.28. The van der Waals surface area contributed by atoms with Crippen molar-refractivity contribution in [3.63, 3.8) is 0 Å². The Hall–Kier alpha value is -1.93. The molecule has 0 unspecified atom stereocenters. The third-order valence-corrected chi connectivity index (χ3v) is 2.84. The van der Waals surface area contributed by atoms with Crippen LogP contribution in [0.3, 0.4) is 0 Å². The lowest BCUT2D eigenvalue weighted by atomic mass is 9.92. The monoisotopic (exact) mass is 244 g/mol. The quantitative estimate of drug-likeness (QED) is 0.834. The van der Waals surface area contributed by atoms with E-state index in [1.807, 2.05) is 24.3 Å². The van der Waals surface area contributed by atoms with Gasteiger partial charge in [-0.05, 0) is 11.6 Å². The molecular weight excluding hydrogens is 232 g/mol. The van der Waals surface area contributed by atoms with E-state index in [9.17, 15) is 0 Å². The van der Waals surface area contributed by atoms with E-state index in [4.69, 9.17) is 17.3 Å². The van der Waals surface area contributed by atoms with Crippen molar-refractivity contribution >= 4 is 22.9 Å². The molecule has 3 N–H and O–H groups in total. The van der Waals surface area contributed by atoms with Crippen LogP contribution in [0.25, 0.3) is 5.57 Å². The highest BCUT2D eigenvalue weighted by Crippen LogP contribution is 2.40. The molecule has 0 aromatic heterocycles. The highest BCUT2D eigenvalue weighted by Gasteiger charge is 2.22. The SMILES string of the molecule is C=C(N)C1=C(C(=C)Cl)C(=C)c2ccccc2N1. The minimum absolute atomic E-state index is 0.401. The molecule has 1 aliphatic rings. The number of benzene rings is 1. The van der Waals surface area contributed by atoms with Gasteiger partial charge in [0.1, 0.15) is 0 Å². The van der Waals surface area contributed by atoms with Gasteiger partial charge in [-0.25, -0.2) is 0 Å². The third-order valence-electron chi connectivity index (χ3n) is 2.66. The molecule has 0 bridgehead atoms. The maximum absolute atomic E-state index is 6.01. The molecule has 1 aromatic rings. The number of allylic oxidation sites excluding steroid dienone is 3. The van der Waals surface area contributed by atoms with E-state index < -0.39 is 0 Å². The summed E-state index contributed by atoms with van der Waals surface area (Å²) in [6.45, 7) is 11.5. The molecule has 0 fully saturated rings. The number of rotatable bonds is 2. The molecule has 3 heteroatoms. The van der Waals surface area contributed by atoms with Crippen LogP contribution in [-0.4, -0.2) is 0 Å². The zero-order valence-electron chi connectivity index (χ0n) is 9.39. The molecule has 2 nitrogen and oxygen atoms in total. The Kier molecular flexibility index (Phi) is 2.82. The van der Waals surface area contributed by atoms with Crippen molar-refractivity contribution in [2.45, 2.75) is 0 Å². The van der Waals surface area contributed by atoms with E-state index in [0.717, 1.165) is 22.4 Å². The van der Waals surface area contributed by atoms with Crippen LogP contribution in [-0.2, 0) is 0 Å². The van der Waals surface area contributed by atoms with Crippen molar-refractivity contribution in [2.24, 2.45) is 5.73 Å². The summed E-state index contributed by atoms with van der Waals surface area (Å²) >= 11 is 6.01. The van der Waals surface area contributed by atoms with E-state index in [2.05, 4.69) is 25.1 Å². The number of fused-ring (bicyclic) bond motifs is 1. The lowest BCUT2D eigenvalue weighted by Gasteiger charge is -2.26. The lowest BCUT2D eigenvalue weighted by Crippen LogP contribution is -2.17. The maximum Gasteiger partial charge on any atom is 0.0706 e. The summed E-state index contributed by atoms with van der Waals surface area (Å²) in [5.74, 6) is 0. The fourth-order valence-electron chi connectivity index (χ4n) is 1.88. The fraction of sp³-hybridized carbons (Fsp3) is 0. The fourth-order valence-corrected chi connectivity index (χ4v) is 2.09. The van der Waals surface area contributed by atoms with E-state index in [-0.39, 0.29) is 0 Å². The van der Waals surface area contributed by atoms with Gasteiger partial charge in [-0.1, -0.05) is 49.5 Å². The molecule has 1 heterocycles. The summed E-state index contributed by atoms with van der Waals surface area (Å²) in [7, 11) is 0. The van der Waals surface area contributed by atoms with Gasteiger partial charge in [0.15, 0.2) is 0 Å². The van der Waals surface area contributed by atoms with Crippen LogP contribution in [0.1, 0.15) is 5.56 Å². The first-order valence-corrected chi connectivity index (χ1v) is 5.49. The van der Waals surface area contributed by atoms with Crippen LogP contribution in [0.5, 0.6) is 0 Å². The second kappa shape index (κ2) is 4.15. The zero-order chi connectivity index (χ0) is 12.6. The Labute approximate surface area is 106 Å². The third kappa shape index (κ3) is 1.87. The standard InChI is InChI=1S/C14H13ClN2/c1-8-11-6-4-5-7-12(11)17-14(10(3)16)13(8)9(2)15/h4-7,17H,1-3,16H2. The van der Waals surface area contributed by atoms with Crippen molar-refractivity contribution in [3.8, 4) is 0 Å². The topological polar surface area (TPSA) is 38.0 Å². The molecule has 0 atom stereocenters. The van der Waals surface area contributed by atoms with Gasteiger partial charge in [0.25, 0.3) is 0 Å². The molecule has 0 spiro atoms. The first-order chi connectivity index (χ1) is 8.02. The first kappa shape index (κ1) is 11.6. The number of para-hydroxylation sites is 1. The largest absolute Gasteiger partial charge is 0.398 e. The predicted octanol–water partition coefficient (Wildman–Crippen LogP) is 3.60. The van der Waals surface area contributed by atoms with Gasteiger partial charge in [0, 0.05) is 27.6 Å². The number of hydrogen-bond acceptors (Lipinski definition) is 2. The smallest absolute Gasteiger partial charge is 0.0706 e. The molecule has 0 saturated carbocycles. The number of nitrogens with two attached hydrogens (primary N) is 1. The van der Waals surface area contributed by atoms with Crippen LogP contribution in [0.4, 0.5) is 5.69 Å². The number of nitrogens with one attached hydrogen (secondary N) is 1. The molecule has 0 saturated heterocycles. The Bertz CT molecular complexity index is 567. The number of hydrogen-bond donors (Lipinski definition) is 2. The number of halogens is 1. The van der Waals surface area contributed by atoms with Crippen molar-refractivity contribution in [3.05, 3.63) is 71.6 Å². The van der Waals surface area contributed by atoms with Gasteiger partial charge < -0.3 is 11.1 Å². The molecule has 0 amide bonds. The summed E-state index contributed by atoms with van der Waals surface area (Å²) in [5.41, 5.74) is 10.3. The highest BCUT2D eigenvalue weighted by atomic mass is 35.5. The lowest BCUT2D eigenvalue weighted by molar-refractivity contribution is 1.25. The predicted molar refractivity (Wildman–Crippen MR) is 74.4 cm³/mol. The molecule has 17 heavy (non-hydrogen) atoms. The minimum atomic E-state index is 0.401. The number of anilines is 1. The van der Waals surface area contributed by atoms with Crippen LogP contribution in [0.15, 0.2) is 66.0 Å². The van der Waals surface area contributed by atoms with Crippen molar-refractivity contribution < 1.29 is 0 Å². The average molecular weight is 245 g/mol. The van der Waals surface area contributed by atoms with Crippen molar-refractivity contribution in [1.29, 1.82) is 0 Å². The Morgan fingerprint density at radius 3 is 2.47 bits per heavy atom. The normalized spacial score (nSPS) is 14.1. The molecule has 0 aliphatic carbocycles. The zero-order valence-corrected chi connectivity index (χ0v) is 10.1. The first-order valence-electron chi connectivity index (χ1n) is 5.12. The van der Waals surface area contributed by atoms with Gasteiger partial charge in [-0.15, -0.1) is 0 Å². The van der Waals surface area contributed by atoms with Crippen molar-refractivity contribution in [1.82, 2.24) is 0 Å². The molecule has 2 rings (SSSR count). The second-order valence-corrected chi connectivity index (χ2v) is 4.29. The maximum atomic E-state index is 6.01. The van der Waals surface area contributed by atoms with Crippen LogP contribution in [0, 0.1) is 0 Å². The molecule has 1 aliphatic heterocycles. The van der Waals surface area contributed by atoms with E-state index in [1.54, 1.807) is 0 Å². The van der Waals surface area contributed by atoms with Crippen molar-refractivity contribution in [2.75, 3.05) is 5.32 Å². The van der Waals surface area contributed by atoms with Crippen LogP contribution < -0.4 is 11.1 Å². The summed E-state index contributed by atoms with van der Waals surface area (Å²) < 4.78 is 0. The van der Waals surface area contributed by atoms with Gasteiger partial charge in [-0.3, -0.25) is 0 Å². The molecule has 1 aromatic carbocycles. The van der Waals surface area contributed by atoms with Gasteiger partial charge >= 0.3 is 0 Å². The highest BCUT2D eigenvalue weighted by molar-refractivity contribution is 6.33. The van der Waals surface area contributed by atoms with Gasteiger partial charge in [-0.2, -0.15) is 0 Å². The molecule has 86 valence electrons. The van der Waals surface area contributed by atoms with Crippen LogP contribution >= 0.6 is 11.6 Å². The van der Waals surface area contributed by atoms with Gasteiger partial charge in [0.2, 0.25) is 0 Å².